The summed E-state index contributed by atoms with van der Waals surface area (Å²) in [6.45, 7) is 4.25. The second kappa shape index (κ2) is 9.50. The first-order valence-corrected chi connectivity index (χ1v) is 8.11. The van der Waals surface area contributed by atoms with Crippen molar-refractivity contribution in [2.75, 3.05) is 12.4 Å². The monoisotopic (exact) mass is 366 g/mol. The Labute approximate surface area is 150 Å². The first-order chi connectivity index (χ1) is 12.2. The van der Waals surface area contributed by atoms with Gasteiger partial charge < -0.3 is 14.8 Å². The Morgan fingerprint density at radius 3 is 2.35 bits per heavy atom. The molecule has 0 heterocycles. The average Bonchev–Trinajstić information content (AvgIpc) is 2.54. The van der Waals surface area contributed by atoms with Crippen LogP contribution in [0.1, 0.15) is 56.0 Å². The van der Waals surface area contributed by atoms with Gasteiger partial charge >= 0.3 is 17.6 Å². The summed E-state index contributed by atoms with van der Waals surface area (Å²) in [5.74, 6) is -2.44. The lowest BCUT2D eigenvalue weighted by Crippen LogP contribution is -2.16. The van der Waals surface area contributed by atoms with Gasteiger partial charge in [0.1, 0.15) is 5.69 Å². The van der Waals surface area contributed by atoms with Crippen LogP contribution in [0.4, 0.5) is 11.4 Å². The number of hydrogen-bond donors (Lipinski definition) is 1. The predicted molar refractivity (Wildman–Crippen MR) is 93.3 cm³/mol. The fourth-order valence-corrected chi connectivity index (χ4v) is 2.50. The van der Waals surface area contributed by atoms with Gasteiger partial charge in [0.2, 0.25) is 11.7 Å². The summed E-state index contributed by atoms with van der Waals surface area (Å²) in [5.41, 5.74) is -0.594. The van der Waals surface area contributed by atoms with Crippen LogP contribution in [-0.2, 0) is 20.7 Å². The van der Waals surface area contributed by atoms with Gasteiger partial charge in [-0.1, -0.05) is 19.8 Å². The number of nitro benzene ring substituents is 1. The third kappa shape index (κ3) is 5.27. The van der Waals surface area contributed by atoms with E-state index in [1.165, 1.54) is 20.1 Å². The van der Waals surface area contributed by atoms with Gasteiger partial charge in [-0.25, -0.2) is 4.79 Å². The Bertz CT molecular complexity index is 728. The third-order valence-electron chi connectivity index (χ3n) is 3.53. The molecule has 1 rings (SSSR count). The molecule has 0 radical (unpaired) electrons. The summed E-state index contributed by atoms with van der Waals surface area (Å²) < 4.78 is 9.83. The number of carbonyl (C=O) groups excluding carboxylic acids is 3. The molecule has 0 bridgehead atoms. The van der Waals surface area contributed by atoms with Gasteiger partial charge in [-0.2, -0.15) is 0 Å². The van der Waals surface area contributed by atoms with E-state index in [4.69, 9.17) is 9.47 Å². The van der Waals surface area contributed by atoms with Crippen molar-refractivity contribution in [2.24, 2.45) is 0 Å². The van der Waals surface area contributed by atoms with Crippen LogP contribution in [-0.4, -0.2) is 29.9 Å². The Kier molecular flexibility index (Phi) is 7.70. The highest BCUT2D eigenvalue weighted by atomic mass is 16.6. The number of rotatable bonds is 8. The van der Waals surface area contributed by atoms with E-state index in [0.717, 1.165) is 19.8 Å². The van der Waals surface area contributed by atoms with Crippen molar-refractivity contribution in [3.8, 4) is 5.75 Å². The molecule has 0 atom stereocenters. The second-order valence-electron chi connectivity index (χ2n) is 5.61. The van der Waals surface area contributed by atoms with Crippen molar-refractivity contribution >= 4 is 29.2 Å². The van der Waals surface area contributed by atoms with Crippen molar-refractivity contribution < 1.29 is 28.8 Å². The largest absolute Gasteiger partial charge is 0.465 e. The van der Waals surface area contributed by atoms with Crippen LogP contribution in [0.5, 0.6) is 5.75 Å². The van der Waals surface area contributed by atoms with E-state index in [-0.39, 0.29) is 29.0 Å². The highest BCUT2D eigenvalue weighted by molar-refractivity contribution is 5.99. The van der Waals surface area contributed by atoms with E-state index in [1.54, 1.807) is 0 Å². The minimum absolute atomic E-state index is 0.00852. The number of amides is 1. The van der Waals surface area contributed by atoms with E-state index in [9.17, 15) is 24.5 Å². The normalized spacial score (nSPS) is 10.2. The predicted octanol–water partition coefficient (Wildman–Crippen LogP) is 3.00. The fourth-order valence-electron chi connectivity index (χ4n) is 2.50. The lowest BCUT2D eigenvalue weighted by atomic mass is 9.97. The van der Waals surface area contributed by atoms with Gasteiger partial charge in [-0.3, -0.25) is 19.7 Å². The molecule has 0 aliphatic rings. The van der Waals surface area contributed by atoms with Crippen LogP contribution in [0.25, 0.3) is 0 Å². The Morgan fingerprint density at radius 1 is 1.23 bits per heavy atom. The van der Waals surface area contributed by atoms with Crippen LogP contribution < -0.4 is 10.1 Å². The molecule has 1 aromatic rings. The maximum Gasteiger partial charge on any atom is 0.338 e. The van der Waals surface area contributed by atoms with Gasteiger partial charge in [-0.05, 0) is 18.9 Å². The Hall–Kier alpha value is -2.97. The summed E-state index contributed by atoms with van der Waals surface area (Å²) in [7, 11) is 1.17. The number of benzene rings is 1. The number of hydrogen-bond acceptors (Lipinski definition) is 7. The van der Waals surface area contributed by atoms with Crippen LogP contribution in [0, 0.1) is 10.1 Å². The van der Waals surface area contributed by atoms with Gasteiger partial charge in [0.25, 0.3) is 0 Å². The number of carbonyl (C=O) groups is 3. The van der Waals surface area contributed by atoms with E-state index in [0.29, 0.717) is 6.42 Å². The minimum Gasteiger partial charge on any atom is -0.465 e. The summed E-state index contributed by atoms with van der Waals surface area (Å²) in [6, 6.07) is 1.18. The molecule has 0 aliphatic carbocycles. The number of nitro groups is 1. The average molecular weight is 366 g/mol. The second-order valence-corrected chi connectivity index (χ2v) is 5.61. The maximum absolute atomic E-state index is 12.2. The van der Waals surface area contributed by atoms with Crippen molar-refractivity contribution in [1.82, 2.24) is 0 Å². The van der Waals surface area contributed by atoms with E-state index in [1.807, 2.05) is 6.92 Å². The maximum atomic E-state index is 12.2. The van der Waals surface area contributed by atoms with E-state index < -0.39 is 28.5 Å². The third-order valence-corrected chi connectivity index (χ3v) is 3.53. The van der Waals surface area contributed by atoms with Gasteiger partial charge in [0.05, 0.1) is 17.6 Å². The van der Waals surface area contributed by atoms with E-state index in [2.05, 4.69) is 5.32 Å². The molecular formula is C17H22N2O7. The molecule has 9 heteroatoms. The lowest BCUT2D eigenvalue weighted by Gasteiger charge is -2.16. The van der Waals surface area contributed by atoms with Crippen LogP contribution in [0.3, 0.4) is 0 Å². The van der Waals surface area contributed by atoms with Gasteiger partial charge in [0.15, 0.2) is 0 Å². The molecule has 0 unspecified atom stereocenters. The molecule has 0 saturated carbocycles. The number of ether oxygens (including phenoxy) is 2. The molecule has 1 N–H and O–H groups in total. The van der Waals surface area contributed by atoms with Crippen LogP contribution >= 0.6 is 0 Å². The number of anilines is 1. The molecule has 26 heavy (non-hydrogen) atoms. The standard InChI is InChI=1S/C17H22N2O7/c1-5-6-7-8-12-13(17(22)25-4)9-14(18-10(2)20)15(19(23)24)16(12)26-11(3)21/h9H,5-8H2,1-4H3,(H,18,20). The molecule has 1 amide bonds. The molecule has 0 aromatic heterocycles. The molecule has 0 aliphatic heterocycles. The molecule has 1 aromatic carbocycles. The topological polar surface area (TPSA) is 125 Å². The van der Waals surface area contributed by atoms with Crippen LogP contribution in [0.15, 0.2) is 6.07 Å². The summed E-state index contributed by atoms with van der Waals surface area (Å²) >= 11 is 0. The molecule has 0 saturated heterocycles. The minimum atomic E-state index is -0.777. The van der Waals surface area contributed by atoms with Gasteiger partial charge in [-0.15, -0.1) is 0 Å². The number of nitrogens with zero attached hydrogens (tertiary/aromatic N) is 1. The van der Waals surface area contributed by atoms with Gasteiger partial charge in [0, 0.05) is 19.4 Å². The van der Waals surface area contributed by atoms with Crippen molar-refractivity contribution in [3.63, 3.8) is 0 Å². The van der Waals surface area contributed by atoms with Crippen LogP contribution in [0.2, 0.25) is 0 Å². The smallest absolute Gasteiger partial charge is 0.338 e. The zero-order chi connectivity index (χ0) is 19.9. The fraction of sp³-hybridized carbons (Fsp3) is 0.471. The number of unbranched alkanes of at least 4 members (excludes halogenated alkanes) is 2. The highest BCUT2D eigenvalue weighted by Crippen LogP contribution is 2.41. The SMILES string of the molecule is CCCCCc1c(C(=O)OC)cc(NC(C)=O)c([N+](=O)[O-])c1OC(C)=O. The van der Waals surface area contributed by atoms with Crippen molar-refractivity contribution in [1.29, 1.82) is 0 Å². The summed E-state index contributed by atoms with van der Waals surface area (Å²) in [4.78, 5) is 45.9. The van der Waals surface area contributed by atoms with Crippen molar-refractivity contribution in [3.05, 3.63) is 27.3 Å². The molecule has 9 nitrogen and oxygen atoms in total. The number of nitrogens with one attached hydrogen (secondary N) is 1. The Balaban J connectivity index is 3.75. The summed E-state index contributed by atoms with van der Waals surface area (Å²) in [6.07, 6.45) is 2.62. The quantitative estimate of drug-likeness (QED) is 0.246. The first kappa shape index (κ1) is 21.1. The zero-order valence-electron chi connectivity index (χ0n) is 15.2. The Morgan fingerprint density at radius 2 is 1.88 bits per heavy atom. The van der Waals surface area contributed by atoms with Crippen molar-refractivity contribution in [2.45, 2.75) is 46.5 Å². The highest BCUT2D eigenvalue weighted by Gasteiger charge is 2.31. The molecule has 142 valence electrons. The number of methoxy groups -OCH3 is 1. The number of esters is 2. The first-order valence-electron chi connectivity index (χ1n) is 8.11. The molecular weight excluding hydrogens is 344 g/mol. The summed E-state index contributed by atoms with van der Waals surface area (Å²) in [5, 5.41) is 13.9. The zero-order valence-corrected chi connectivity index (χ0v) is 15.2. The van der Waals surface area contributed by atoms with E-state index >= 15 is 0 Å². The molecule has 0 fully saturated rings. The molecule has 0 spiro atoms. The lowest BCUT2D eigenvalue weighted by molar-refractivity contribution is -0.384.